The first-order valence-corrected chi connectivity index (χ1v) is 6.03. The summed E-state index contributed by atoms with van der Waals surface area (Å²) in [6.45, 7) is 3.79. The molecular formula is C12H10ClN5O. The molecule has 0 unspecified atom stereocenters. The first-order chi connectivity index (χ1) is 9.08. The second kappa shape index (κ2) is 4.17. The first-order valence-electron chi connectivity index (χ1n) is 5.66. The Balaban J connectivity index is 2.35. The molecule has 0 atom stereocenters. The van der Waals surface area contributed by atoms with Gasteiger partial charge in [-0.25, -0.2) is 0 Å². The van der Waals surface area contributed by atoms with Gasteiger partial charge in [0, 0.05) is 11.6 Å². The van der Waals surface area contributed by atoms with Crippen molar-refractivity contribution in [3.8, 4) is 11.5 Å². The number of aromatic nitrogens is 5. The minimum Gasteiger partial charge on any atom is -0.319 e. The number of nitrogens with zero attached hydrogens (tertiary/aromatic N) is 4. The molecule has 0 bridgehead atoms. The van der Waals surface area contributed by atoms with Crippen molar-refractivity contribution < 1.29 is 0 Å². The number of H-pyrrole nitrogens is 1. The van der Waals surface area contributed by atoms with Crippen molar-refractivity contribution in [3.05, 3.63) is 44.8 Å². The zero-order valence-electron chi connectivity index (χ0n) is 10.3. The monoisotopic (exact) mass is 275 g/mol. The molecule has 3 heterocycles. The van der Waals surface area contributed by atoms with Crippen molar-refractivity contribution in [2.45, 2.75) is 13.8 Å². The SMILES string of the molecule is Cc1c(Cl)nn2c(-c3cccc(=O)[nH]3)nnc2c1C. The summed E-state index contributed by atoms with van der Waals surface area (Å²) < 4.78 is 1.54. The molecule has 0 aliphatic rings. The van der Waals surface area contributed by atoms with Crippen molar-refractivity contribution >= 4 is 17.2 Å². The van der Waals surface area contributed by atoms with Gasteiger partial charge in [-0.3, -0.25) is 4.79 Å². The lowest BCUT2D eigenvalue weighted by atomic mass is 10.2. The van der Waals surface area contributed by atoms with E-state index in [0.29, 0.717) is 22.3 Å². The Morgan fingerprint density at radius 2 is 2.00 bits per heavy atom. The molecule has 6 nitrogen and oxygen atoms in total. The second-order valence-electron chi connectivity index (χ2n) is 4.23. The van der Waals surface area contributed by atoms with E-state index in [1.54, 1.807) is 12.1 Å². The molecule has 0 aromatic carbocycles. The van der Waals surface area contributed by atoms with Gasteiger partial charge in [-0.2, -0.15) is 9.61 Å². The number of rotatable bonds is 1. The lowest BCUT2D eigenvalue weighted by Crippen LogP contribution is -2.06. The van der Waals surface area contributed by atoms with E-state index in [-0.39, 0.29) is 5.56 Å². The molecule has 0 radical (unpaired) electrons. The van der Waals surface area contributed by atoms with E-state index in [9.17, 15) is 4.79 Å². The number of aryl methyl sites for hydroxylation is 1. The molecule has 0 saturated carbocycles. The fourth-order valence-corrected chi connectivity index (χ4v) is 2.06. The minimum atomic E-state index is -0.204. The van der Waals surface area contributed by atoms with Crippen LogP contribution in [0, 0.1) is 13.8 Å². The lowest BCUT2D eigenvalue weighted by Gasteiger charge is -2.04. The van der Waals surface area contributed by atoms with E-state index in [1.165, 1.54) is 10.6 Å². The number of nitrogens with one attached hydrogen (secondary N) is 1. The smallest absolute Gasteiger partial charge is 0.248 e. The van der Waals surface area contributed by atoms with E-state index >= 15 is 0 Å². The van der Waals surface area contributed by atoms with Gasteiger partial charge >= 0.3 is 0 Å². The van der Waals surface area contributed by atoms with Gasteiger partial charge in [0.05, 0.1) is 5.69 Å². The third kappa shape index (κ3) is 1.80. The summed E-state index contributed by atoms with van der Waals surface area (Å²) >= 11 is 6.08. The largest absolute Gasteiger partial charge is 0.319 e. The van der Waals surface area contributed by atoms with Crippen LogP contribution in [0.4, 0.5) is 0 Å². The molecular weight excluding hydrogens is 266 g/mol. The molecule has 96 valence electrons. The summed E-state index contributed by atoms with van der Waals surface area (Å²) in [5, 5.41) is 12.8. The van der Waals surface area contributed by atoms with Crippen molar-refractivity contribution in [2.75, 3.05) is 0 Å². The van der Waals surface area contributed by atoms with Crippen molar-refractivity contribution in [1.29, 1.82) is 0 Å². The van der Waals surface area contributed by atoms with Crippen LogP contribution >= 0.6 is 11.6 Å². The molecule has 3 rings (SSSR count). The molecule has 0 aliphatic carbocycles. The van der Waals surface area contributed by atoms with E-state index < -0.39 is 0 Å². The normalized spacial score (nSPS) is 11.1. The standard InChI is InChI=1S/C12H10ClN5O/c1-6-7(2)11-15-16-12(18(11)17-10(6)13)8-4-3-5-9(19)14-8/h3-5H,1-2H3,(H,14,19). The number of halogens is 1. The van der Waals surface area contributed by atoms with Gasteiger partial charge in [-0.05, 0) is 25.5 Å². The first kappa shape index (κ1) is 11.9. The van der Waals surface area contributed by atoms with Crippen LogP contribution in [-0.2, 0) is 0 Å². The fraction of sp³-hybridized carbons (Fsp3) is 0.167. The summed E-state index contributed by atoms with van der Waals surface area (Å²) in [7, 11) is 0. The van der Waals surface area contributed by atoms with E-state index in [4.69, 9.17) is 11.6 Å². The summed E-state index contributed by atoms with van der Waals surface area (Å²) in [6, 6.07) is 4.82. The highest BCUT2D eigenvalue weighted by Crippen LogP contribution is 2.22. The van der Waals surface area contributed by atoms with Crippen LogP contribution in [0.1, 0.15) is 11.1 Å². The maximum Gasteiger partial charge on any atom is 0.248 e. The lowest BCUT2D eigenvalue weighted by molar-refractivity contribution is 0.912. The number of fused-ring (bicyclic) bond motifs is 1. The molecule has 3 aromatic rings. The molecule has 19 heavy (non-hydrogen) atoms. The van der Waals surface area contributed by atoms with Crippen LogP contribution in [0.3, 0.4) is 0 Å². The zero-order chi connectivity index (χ0) is 13.6. The van der Waals surface area contributed by atoms with Crippen LogP contribution < -0.4 is 5.56 Å². The van der Waals surface area contributed by atoms with Crippen molar-refractivity contribution in [3.63, 3.8) is 0 Å². The molecule has 0 spiro atoms. The quantitative estimate of drug-likeness (QED) is 0.734. The summed E-state index contributed by atoms with van der Waals surface area (Å²) in [4.78, 5) is 14.0. The van der Waals surface area contributed by atoms with Crippen LogP contribution in [-0.4, -0.2) is 24.8 Å². The Labute approximate surface area is 113 Å². The highest BCUT2D eigenvalue weighted by molar-refractivity contribution is 6.30. The molecule has 0 aliphatic heterocycles. The maximum absolute atomic E-state index is 11.4. The van der Waals surface area contributed by atoms with Gasteiger partial charge in [0.2, 0.25) is 11.4 Å². The van der Waals surface area contributed by atoms with E-state index in [2.05, 4.69) is 20.3 Å². The number of hydrogen-bond donors (Lipinski definition) is 1. The average molecular weight is 276 g/mol. The van der Waals surface area contributed by atoms with Crippen LogP contribution in [0.5, 0.6) is 0 Å². The zero-order valence-corrected chi connectivity index (χ0v) is 11.1. The topological polar surface area (TPSA) is 75.9 Å². The molecule has 0 amide bonds. The molecule has 1 N–H and O–H groups in total. The Bertz CT molecular complexity index is 836. The van der Waals surface area contributed by atoms with Crippen molar-refractivity contribution in [1.82, 2.24) is 24.8 Å². The van der Waals surface area contributed by atoms with Crippen LogP contribution in [0.15, 0.2) is 23.0 Å². The molecule has 3 aromatic heterocycles. The number of aromatic amines is 1. The number of hydrogen-bond acceptors (Lipinski definition) is 4. The Hall–Kier alpha value is -2.21. The van der Waals surface area contributed by atoms with E-state index in [0.717, 1.165) is 11.1 Å². The third-order valence-corrected chi connectivity index (χ3v) is 3.40. The van der Waals surface area contributed by atoms with Gasteiger partial charge < -0.3 is 4.98 Å². The highest BCUT2D eigenvalue weighted by atomic mass is 35.5. The molecule has 0 fully saturated rings. The van der Waals surface area contributed by atoms with Gasteiger partial charge in [-0.1, -0.05) is 17.7 Å². The Kier molecular flexibility index (Phi) is 2.60. The molecule has 7 heteroatoms. The second-order valence-corrected chi connectivity index (χ2v) is 4.59. The van der Waals surface area contributed by atoms with Gasteiger partial charge in [0.25, 0.3) is 0 Å². The van der Waals surface area contributed by atoms with Gasteiger partial charge in [-0.15, -0.1) is 10.2 Å². The predicted octanol–water partition coefficient (Wildman–Crippen LogP) is 1.75. The Morgan fingerprint density at radius 3 is 2.74 bits per heavy atom. The summed E-state index contributed by atoms with van der Waals surface area (Å²) in [6.07, 6.45) is 0. The molecule has 0 saturated heterocycles. The van der Waals surface area contributed by atoms with Crippen LogP contribution in [0.25, 0.3) is 17.2 Å². The average Bonchev–Trinajstić information content (AvgIpc) is 2.80. The summed E-state index contributed by atoms with van der Waals surface area (Å²) in [5.74, 6) is 0.456. The number of pyridine rings is 1. The highest BCUT2D eigenvalue weighted by Gasteiger charge is 2.15. The predicted molar refractivity (Wildman–Crippen MR) is 71.3 cm³/mol. The maximum atomic E-state index is 11.4. The van der Waals surface area contributed by atoms with Gasteiger partial charge in [0.15, 0.2) is 10.8 Å². The van der Waals surface area contributed by atoms with Crippen molar-refractivity contribution in [2.24, 2.45) is 0 Å². The van der Waals surface area contributed by atoms with E-state index in [1.807, 2.05) is 13.8 Å². The third-order valence-electron chi connectivity index (χ3n) is 3.05. The summed E-state index contributed by atoms with van der Waals surface area (Å²) in [5.41, 5.74) is 2.75. The van der Waals surface area contributed by atoms with Crippen LogP contribution in [0.2, 0.25) is 5.15 Å². The fourth-order valence-electron chi connectivity index (χ4n) is 1.84. The Morgan fingerprint density at radius 1 is 1.21 bits per heavy atom. The van der Waals surface area contributed by atoms with Gasteiger partial charge in [0.1, 0.15) is 0 Å². The minimum absolute atomic E-state index is 0.204.